The Kier molecular flexibility index (Phi) is 7.20. The van der Waals surface area contributed by atoms with E-state index in [-0.39, 0.29) is 16.3 Å². The number of amides is 1. The lowest BCUT2D eigenvalue weighted by Gasteiger charge is -2.26. The molecule has 8 heteroatoms. The van der Waals surface area contributed by atoms with Crippen molar-refractivity contribution in [2.75, 3.05) is 23.3 Å². The van der Waals surface area contributed by atoms with E-state index in [0.29, 0.717) is 10.7 Å². The predicted octanol–water partition coefficient (Wildman–Crippen LogP) is 4.75. The number of sulfonamides is 1. The van der Waals surface area contributed by atoms with Gasteiger partial charge in [0.1, 0.15) is 12.3 Å². The van der Waals surface area contributed by atoms with Crippen molar-refractivity contribution in [2.24, 2.45) is 0 Å². The van der Waals surface area contributed by atoms with Gasteiger partial charge in [-0.3, -0.25) is 9.10 Å². The largest absolute Gasteiger partial charge is 0.495 e. The maximum Gasteiger partial charge on any atom is 0.264 e. The second kappa shape index (κ2) is 9.85. The molecule has 0 heterocycles. The fraction of sp³-hybridized carbons (Fsp3) is 0.174. The summed E-state index contributed by atoms with van der Waals surface area (Å²) in [5.41, 5.74) is 1.89. The molecule has 162 valence electrons. The summed E-state index contributed by atoms with van der Waals surface area (Å²) < 4.78 is 33.2. The zero-order chi connectivity index (χ0) is 22.4. The van der Waals surface area contributed by atoms with Gasteiger partial charge in [-0.2, -0.15) is 0 Å². The highest BCUT2D eigenvalue weighted by atomic mass is 35.5. The van der Waals surface area contributed by atoms with Crippen LogP contribution in [0.25, 0.3) is 0 Å². The summed E-state index contributed by atoms with van der Waals surface area (Å²) in [6.45, 7) is 1.59. The van der Waals surface area contributed by atoms with Crippen LogP contribution in [0, 0.1) is 0 Å². The lowest BCUT2D eigenvalue weighted by Crippen LogP contribution is -2.38. The van der Waals surface area contributed by atoms with E-state index in [1.807, 2.05) is 19.1 Å². The van der Waals surface area contributed by atoms with Gasteiger partial charge in [0.05, 0.1) is 17.7 Å². The second-order valence-corrected chi connectivity index (χ2v) is 9.04. The number of benzene rings is 3. The predicted molar refractivity (Wildman–Crippen MR) is 123 cm³/mol. The highest BCUT2D eigenvalue weighted by Crippen LogP contribution is 2.34. The van der Waals surface area contributed by atoms with Crippen LogP contribution in [0.1, 0.15) is 12.5 Å². The van der Waals surface area contributed by atoms with Crippen LogP contribution < -0.4 is 14.4 Å². The zero-order valence-electron chi connectivity index (χ0n) is 17.2. The first-order valence-electron chi connectivity index (χ1n) is 9.65. The van der Waals surface area contributed by atoms with Crippen molar-refractivity contribution in [3.63, 3.8) is 0 Å². The number of nitrogens with zero attached hydrogens (tertiary/aromatic N) is 1. The molecule has 0 radical (unpaired) electrons. The molecule has 0 atom stereocenters. The minimum absolute atomic E-state index is 0.0529. The second-order valence-electron chi connectivity index (χ2n) is 6.74. The number of rotatable bonds is 8. The minimum Gasteiger partial charge on any atom is -0.495 e. The van der Waals surface area contributed by atoms with Crippen molar-refractivity contribution in [1.82, 2.24) is 0 Å². The van der Waals surface area contributed by atoms with E-state index < -0.39 is 22.5 Å². The number of aryl methyl sites for hydroxylation is 1. The minimum atomic E-state index is -4.07. The maximum absolute atomic E-state index is 13.4. The summed E-state index contributed by atoms with van der Waals surface area (Å²) in [7, 11) is -2.64. The highest BCUT2D eigenvalue weighted by molar-refractivity contribution is 7.92. The first kappa shape index (κ1) is 22.7. The molecular formula is C23H23ClN2O4S. The average molecular weight is 459 g/mol. The lowest BCUT2D eigenvalue weighted by molar-refractivity contribution is -0.114. The molecule has 1 amide bonds. The first-order chi connectivity index (χ1) is 14.8. The molecule has 0 aromatic heterocycles. The number of anilines is 2. The van der Waals surface area contributed by atoms with Gasteiger partial charge < -0.3 is 10.1 Å². The number of methoxy groups -OCH3 is 1. The number of nitrogens with one attached hydrogen (secondary N) is 1. The van der Waals surface area contributed by atoms with Crippen molar-refractivity contribution in [3.8, 4) is 5.75 Å². The van der Waals surface area contributed by atoms with E-state index >= 15 is 0 Å². The molecule has 0 aliphatic rings. The smallest absolute Gasteiger partial charge is 0.264 e. The van der Waals surface area contributed by atoms with Crippen LogP contribution in [0.5, 0.6) is 5.75 Å². The van der Waals surface area contributed by atoms with Crippen LogP contribution in [0.15, 0.2) is 77.7 Å². The summed E-state index contributed by atoms with van der Waals surface area (Å²) in [5.74, 6) is -0.213. The van der Waals surface area contributed by atoms with Crippen molar-refractivity contribution in [1.29, 1.82) is 0 Å². The van der Waals surface area contributed by atoms with Crippen LogP contribution in [0.3, 0.4) is 0 Å². The summed E-state index contributed by atoms with van der Waals surface area (Å²) in [4.78, 5) is 12.9. The van der Waals surface area contributed by atoms with Gasteiger partial charge in [0.15, 0.2) is 0 Å². The summed E-state index contributed by atoms with van der Waals surface area (Å²) in [6.07, 6.45) is 0.881. The molecule has 0 saturated heterocycles. The number of hydrogen-bond donors (Lipinski definition) is 1. The van der Waals surface area contributed by atoms with Crippen molar-refractivity contribution < 1.29 is 17.9 Å². The van der Waals surface area contributed by atoms with E-state index in [1.54, 1.807) is 42.5 Å². The highest BCUT2D eigenvalue weighted by Gasteiger charge is 2.29. The van der Waals surface area contributed by atoms with Gasteiger partial charge in [-0.05, 0) is 54.4 Å². The molecule has 0 aliphatic carbocycles. The van der Waals surface area contributed by atoms with Crippen LogP contribution in [-0.2, 0) is 21.2 Å². The molecule has 0 fully saturated rings. The van der Waals surface area contributed by atoms with E-state index in [2.05, 4.69) is 5.32 Å². The third kappa shape index (κ3) is 5.37. The first-order valence-corrected chi connectivity index (χ1v) is 11.5. The molecule has 3 aromatic carbocycles. The Labute approximate surface area is 187 Å². The topological polar surface area (TPSA) is 75.7 Å². The lowest BCUT2D eigenvalue weighted by atomic mass is 10.1. The van der Waals surface area contributed by atoms with E-state index in [9.17, 15) is 13.2 Å². The third-order valence-electron chi connectivity index (χ3n) is 4.67. The van der Waals surface area contributed by atoms with Gasteiger partial charge in [0.2, 0.25) is 5.91 Å². The molecule has 31 heavy (non-hydrogen) atoms. The summed E-state index contributed by atoms with van der Waals surface area (Å²) in [6, 6.07) is 19.9. The Morgan fingerprint density at radius 2 is 1.71 bits per heavy atom. The van der Waals surface area contributed by atoms with Crippen molar-refractivity contribution >= 4 is 38.9 Å². The Hall–Kier alpha value is -3.03. The third-order valence-corrected chi connectivity index (χ3v) is 6.68. The van der Waals surface area contributed by atoms with Gasteiger partial charge in [-0.1, -0.05) is 48.9 Å². The van der Waals surface area contributed by atoms with Gasteiger partial charge in [0.25, 0.3) is 10.0 Å². The van der Waals surface area contributed by atoms with Crippen LogP contribution in [-0.4, -0.2) is 28.0 Å². The van der Waals surface area contributed by atoms with Gasteiger partial charge in [0, 0.05) is 10.7 Å². The number of halogens is 1. The Bertz CT molecular complexity index is 1150. The maximum atomic E-state index is 13.4. The zero-order valence-corrected chi connectivity index (χ0v) is 18.8. The van der Waals surface area contributed by atoms with Gasteiger partial charge in [-0.25, -0.2) is 8.42 Å². The molecule has 0 spiro atoms. The molecular weight excluding hydrogens is 436 g/mol. The van der Waals surface area contributed by atoms with Crippen molar-refractivity contribution in [3.05, 3.63) is 83.4 Å². The average Bonchev–Trinajstić information content (AvgIpc) is 2.78. The fourth-order valence-corrected chi connectivity index (χ4v) is 4.64. The molecule has 3 rings (SSSR count). The van der Waals surface area contributed by atoms with Gasteiger partial charge >= 0.3 is 0 Å². The standard InChI is InChI=1S/C23H23ClN2O4S/c1-3-17-9-12-19(13-10-17)25-23(27)16-26(21-15-18(24)11-14-22(21)30-2)31(28,29)20-7-5-4-6-8-20/h4-15H,3,16H2,1-2H3,(H,25,27). The van der Waals surface area contributed by atoms with E-state index in [0.717, 1.165) is 16.3 Å². The molecule has 1 N–H and O–H groups in total. The molecule has 0 aliphatic heterocycles. The van der Waals surface area contributed by atoms with E-state index in [1.165, 1.54) is 25.3 Å². The molecule has 0 unspecified atom stereocenters. The number of hydrogen-bond acceptors (Lipinski definition) is 4. The normalized spacial score (nSPS) is 11.1. The van der Waals surface area contributed by atoms with Crippen LogP contribution in [0.2, 0.25) is 5.02 Å². The quantitative estimate of drug-likeness (QED) is 0.528. The molecule has 0 bridgehead atoms. The Morgan fingerprint density at radius 3 is 2.32 bits per heavy atom. The number of ether oxygens (including phenoxy) is 1. The summed E-state index contributed by atoms with van der Waals surface area (Å²) >= 11 is 6.13. The Balaban J connectivity index is 1.98. The molecule has 6 nitrogen and oxygen atoms in total. The van der Waals surface area contributed by atoms with Crippen molar-refractivity contribution in [2.45, 2.75) is 18.2 Å². The SMILES string of the molecule is CCc1ccc(NC(=O)CN(c2cc(Cl)ccc2OC)S(=O)(=O)c2ccccc2)cc1. The molecule has 3 aromatic rings. The number of carbonyl (C=O) groups excluding carboxylic acids is 1. The monoisotopic (exact) mass is 458 g/mol. The van der Waals surface area contributed by atoms with Crippen LogP contribution in [0.4, 0.5) is 11.4 Å². The van der Waals surface area contributed by atoms with Gasteiger partial charge in [-0.15, -0.1) is 0 Å². The van der Waals surface area contributed by atoms with Crippen LogP contribution >= 0.6 is 11.6 Å². The number of carbonyl (C=O) groups is 1. The molecule has 0 saturated carbocycles. The Morgan fingerprint density at radius 1 is 1.03 bits per heavy atom. The van der Waals surface area contributed by atoms with E-state index in [4.69, 9.17) is 16.3 Å². The fourth-order valence-electron chi connectivity index (χ4n) is 3.03. The summed E-state index contributed by atoms with van der Waals surface area (Å²) in [5, 5.41) is 3.07.